The number of hydrogen-bond acceptors (Lipinski definition) is 7. The Bertz CT molecular complexity index is 1280. The van der Waals surface area contributed by atoms with Crippen molar-refractivity contribution in [3.05, 3.63) is 63.9 Å². The fourth-order valence-electron chi connectivity index (χ4n) is 3.23. The molecular formula is C23H25BrN4O5S. The molecule has 0 fully saturated rings. The molecule has 1 heterocycles. The van der Waals surface area contributed by atoms with Crippen molar-refractivity contribution in [1.82, 2.24) is 9.97 Å². The highest BCUT2D eigenvalue weighted by Crippen LogP contribution is 2.33. The van der Waals surface area contributed by atoms with Crippen molar-refractivity contribution in [3.8, 4) is 11.5 Å². The monoisotopic (exact) mass is 548 g/mol. The molecule has 180 valence electrons. The number of rotatable bonds is 9. The predicted molar refractivity (Wildman–Crippen MR) is 133 cm³/mol. The number of ether oxygens (including phenoxy) is 2. The first kappa shape index (κ1) is 25.4. The average Bonchev–Trinajstić information content (AvgIpc) is 2.77. The lowest BCUT2D eigenvalue weighted by atomic mass is 10.1. The third kappa shape index (κ3) is 6.45. The van der Waals surface area contributed by atoms with Crippen molar-refractivity contribution >= 4 is 43.5 Å². The van der Waals surface area contributed by atoms with Crippen LogP contribution in [0.15, 0.2) is 51.8 Å². The van der Waals surface area contributed by atoms with Gasteiger partial charge in [0.05, 0.1) is 19.1 Å². The van der Waals surface area contributed by atoms with E-state index in [0.29, 0.717) is 35.0 Å². The van der Waals surface area contributed by atoms with Crippen LogP contribution in [0.25, 0.3) is 0 Å². The van der Waals surface area contributed by atoms with Gasteiger partial charge in [0.15, 0.2) is 11.5 Å². The van der Waals surface area contributed by atoms with Crippen LogP contribution < -0.4 is 19.5 Å². The minimum Gasteiger partial charge on any atom is -0.493 e. The Kier molecular flexibility index (Phi) is 8.11. The highest BCUT2D eigenvalue weighted by Gasteiger charge is 2.17. The van der Waals surface area contributed by atoms with E-state index in [-0.39, 0.29) is 23.2 Å². The highest BCUT2D eigenvalue weighted by molar-refractivity contribution is 9.10. The second kappa shape index (κ2) is 10.8. The molecule has 1 aromatic heterocycles. The number of nitrogens with one attached hydrogen (secondary N) is 2. The third-order valence-corrected chi connectivity index (χ3v) is 6.91. The average molecular weight is 549 g/mol. The number of methoxy groups -OCH3 is 2. The molecule has 11 heteroatoms. The van der Waals surface area contributed by atoms with Crippen LogP contribution in [-0.4, -0.2) is 38.5 Å². The summed E-state index contributed by atoms with van der Waals surface area (Å²) in [7, 11) is -0.762. The van der Waals surface area contributed by atoms with E-state index < -0.39 is 10.0 Å². The molecule has 0 saturated heterocycles. The molecule has 0 aliphatic heterocycles. The highest BCUT2D eigenvalue weighted by atomic mass is 79.9. The summed E-state index contributed by atoms with van der Waals surface area (Å²) >= 11 is 3.49. The summed E-state index contributed by atoms with van der Waals surface area (Å²) in [4.78, 5) is 20.7. The van der Waals surface area contributed by atoms with Crippen molar-refractivity contribution < 1.29 is 22.7 Å². The Morgan fingerprint density at radius 3 is 2.15 bits per heavy atom. The third-order valence-electron chi connectivity index (χ3n) is 4.83. The molecule has 9 nitrogen and oxygen atoms in total. The maximum atomic E-state index is 12.6. The normalized spacial score (nSPS) is 11.1. The largest absolute Gasteiger partial charge is 0.493 e. The lowest BCUT2D eigenvalue weighted by Crippen LogP contribution is -2.16. The van der Waals surface area contributed by atoms with E-state index in [1.807, 2.05) is 6.07 Å². The van der Waals surface area contributed by atoms with Crippen molar-refractivity contribution in [3.63, 3.8) is 0 Å². The number of aromatic nitrogens is 2. The lowest BCUT2D eigenvalue weighted by molar-refractivity contribution is -0.116. The zero-order valence-electron chi connectivity index (χ0n) is 19.2. The summed E-state index contributed by atoms with van der Waals surface area (Å²) < 4.78 is 39.1. The van der Waals surface area contributed by atoms with Gasteiger partial charge in [0, 0.05) is 28.0 Å². The van der Waals surface area contributed by atoms with Gasteiger partial charge in [0.2, 0.25) is 11.9 Å². The van der Waals surface area contributed by atoms with Crippen LogP contribution in [0.1, 0.15) is 23.4 Å². The first-order valence-electron chi connectivity index (χ1n) is 10.3. The van der Waals surface area contributed by atoms with E-state index >= 15 is 0 Å². The van der Waals surface area contributed by atoms with Crippen molar-refractivity contribution in [2.45, 2.75) is 31.6 Å². The Labute approximate surface area is 207 Å². The molecule has 2 N–H and O–H groups in total. The van der Waals surface area contributed by atoms with Gasteiger partial charge in [0.25, 0.3) is 10.0 Å². The Morgan fingerprint density at radius 2 is 1.56 bits per heavy atom. The molecule has 2 aromatic carbocycles. The number of halogens is 1. The molecule has 0 unspecified atom stereocenters. The van der Waals surface area contributed by atoms with E-state index in [1.165, 1.54) is 24.3 Å². The molecule has 3 rings (SSSR count). The Morgan fingerprint density at radius 1 is 0.971 bits per heavy atom. The number of nitrogens with zero attached hydrogens (tertiary/aromatic N) is 2. The van der Waals surface area contributed by atoms with Crippen molar-refractivity contribution in [2.24, 2.45) is 0 Å². The molecule has 0 radical (unpaired) electrons. The summed E-state index contributed by atoms with van der Waals surface area (Å²) in [6, 6.07) is 11.2. The van der Waals surface area contributed by atoms with Gasteiger partial charge in [-0.05, 0) is 68.3 Å². The second-order valence-corrected chi connectivity index (χ2v) is 9.99. The van der Waals surface area contributed by atoms with Crippen LogP contribution >= 0.6 is 15.9 Å². The van der Waals surface area contributed by atoms with Crippen LogP contribution in [0.2, 0.25) is 0 Å². The zero-order valence-corrected chi connectivity index (χ0v) is 21.6. The minimum atomic E-state index is -3.87. The summed E-state index contributed by atoms with van der Waals surface area (Å²) in [6.45, 7) is 3.52. The molecule has 34 heavy (non-hydrogen) atoms. The fraction of sp³-hybridized carbons (Fsp3) is 0.261. The van der Waals surface area contributed by atoms with Crippen LogP contribution in [0, 0.1) is 13.8 Å². The molecule has 0 saturated carbocycles. The molecule has 3 aromatic rings. The number of aryl methyl sites for hydroxylation is 3. The number of benzene rings is 2. The van der Waals surface area contributed by atoms with Gasteiger partial charge < -0.3 is 14.8 Å². The fourth-order valence-corrected chi connectivity index (χ4v) is 4.69. The molecular weight excluding hydrogens is 524 g/mol. The van der Waals surface area contributed by atoms with E-state index in [9.17, 15) is 13.2 Å². The topological polar surface area (TPSA) is 120 Å². The SMILES string of the molecule is COc1cc(Br)c(CCC(=O)Nc2ccc(S(=O)(=O)Nc3nc(C)cc(C)n3)cc2)cc1OC. The maximum Gasteiger partial charge on any atom is 0.264 e. The van der Waals surface area contributed by atoms with Crippen molar-refractivity contribution in [1.29, 1.82) is 0 Å². The number of carbonyl (C=O) groups is 1. The summed E-state index contributed by atoms with van der Waals surface area (Å²) in [6.07, 6.45) is 0.693. The van der Waals surface area contributed by atoms with E-state index in [4.69, 9.17) is 9.47 Å². The number of hydrogen-bond donors (Lipinski definition) is 2. The van der Waals surface area contributed by atoms with Crippen molar-refractivity contribution in [2.75, 3.05) is 24.3 Å². The summed E-state index contributed by atoms with van der Waals surface area (Å²) in [5, 5.41) is 2.78. The summed E-state index contributed by atoms with van der Waals surface area (Å²) in [5.41, 5.74) is 2.69. The van der Waals surface area contributed by atoms with E-state index in [0.717, 1.165) is 10.0 Å². The van der Waals surface area contributed by atoms with E-state index in [1.54, 1.807) is 40.2 Å². The summed E-state index contributed by atoms with van der Waals surface area (Å²) in [5.74, 6) is 0.976. The molecule has 1 amide bonds. The number of amides is 1. The predicted octanol–water partition coefficient (Wildman–Crippen LogP) is 4.25. The van der Waals surface area contributed by atoms with Gasteiger partial charge in [-0.15, -0.1) is 0 Å². The van der Waals surface area contributed by atoms with Gasteiger partial charge in [-0.1, -0.05) is 15.9 Å². The first-order valence-corrected chi connectivity index (χ1v) is 12.5. The van der Waals surface area contributed by atoms with Gasteiger partial charge in [0.1, 0.15) is 0 Å². The first-order chi connectivity index (χ1) is 16.1. The minimum absolute atomic E-state index is 0.0104. The molecule has 0 bridgehead atoms. The number of anilines is 2. The van der Waals surface area contributed by atoms with Gasteiger partial charge in [-0.25, -0.2) is 23.1 Å². The molecule has 0 atom stereocenters. The maximum absolute atomic E-state index is 12.6. The van der Waals surface area contributed by atoms with Crippen LogP contribution in [-0.2, 0) is 21.2 Å². The van der Waals surface area contributed by atoms with E-state index in [2.05, 4.69) is 35.9 Å². The standard InChI is InChI=1S/C23H25BrN4O5S/c1-14-11-15(2)26-23(25-14)28-34(30,31)18-8-6-17(7-9-18)27-22(29)10-5-16-12-20(32-3)21(33-4)13-19(16)24/h6-9,11-13H,5,10H2,1-4H3,(H,27,29)(H,25,26,28). The molecule has 0 spiro atoms. The van der Waals surface area contributed by atoms with Crippen LogP contribution in [0.3, 0.4) is 0 Å². The quantitative estimate of drug-likeness (QED) is 0.410. The Balaban J connectivity index is 1.62. The molecule has 0 aliphatic rings. The van der Waals surface area contributed by atoms with Gasteiger partial charge >= 0.3 is 0 Å². The van der Waals surface area contributed by atoms with Crippen LogP contribution in [0.5, 0.6) is 11.5 Å². The lowest BCUT2D eigenvalue weighted by Gasteiger charge is -2.12. The van der Waals surface area contributed by atoms with Gasteiger partial charge in [-0.3, -0.25) is 4.79 Å². The number of sulfonamides is 1. The van der Waals surface area contributed by atoms with Crippen LogP contribution in [0.4, 0.5) is 11.6 Å². The zero-order chi connectivity index (χ0) is 24.9. The smallest absolute Gasteiger partial charge is 0.264 e. The Hall–Kier alpha value is -3.18. The van der Waals surface area contributed by atoms with Gasteiger partial charge in [-0.2, -0.15) is 0 Å². The molecule has 0 aliphatic carbocycles. The second-order valence-electron chi connectivity index (χ2n) is 7.45. The number of carbonyl (C=O) groups excluding carboxylic acids is 1.